The highest BCUT2D eigenvalue weighted by Crippen LogP contribution is 2.12. The van der Waals surface area contributed by atoms with Gasteiger partial charge in [0.15, 0.2) is 0 Å². The molecule has 0 aromatic rings. The van der Waals surface area contributed by atoms with Gasteiger partial charge in [0.2, 0.25) is 0 Å². The molecule has 0 rings (SSSR count). The zero-order valence-corrected chi connectivity index (χ0v) is 9.98. The number of ether oxygens (including phenoxy) is 1. The molecule has 0 fully saturated rings. The maximum absolute atomic E-state index is 11.6. The summed E-state index contributed by atoms with van der Waals surface area (Å²) in [5, 5.41) is 8.88. The van der Waals surface area contributed by atoms with Crippen LogP contribution in [-0.2, 0) is 9.53 Å². The van der Waals surface area contributed by atoms with Crippen molar-refractivity contribution < 1.29 is 19.4 Å². The van der Waals surface area contributed by atoms with Crippen LogP contribution in [-0.4, -0.2) is 40.8 Å². The topological polar surface area (TPSA) is 66.8 Å². The van der Waals surface area contributed by atoms with E-state index in [1.165, 1.54) is 7.05 Å². The molecule has 90 valence electrons. The van der Waals surface area contributed by atoms with Crippen LogP contribution in [0.15, 0.2) is 0 Å². The lowest BCUT2D eigenvalue weighted by atomic mass is 10.2. The van der Waals surface area contributed by atoms with Crippen LogP contribution in [0.1, 0.15) is 27.2 Å². The fourth-order valence-electron chi connectivity index (χ4n) is 0.963. The minimum Gasteiger partial charge on any atom is -0.480 e. The summed E-state index contributed by atoms with van der Waals surface area (Å²) < 4.78 is 5.03. The Morgan fingerprint density at radius 1 is 1.50 bits per heavy atom. The molecule has 0 aromatic carbocycles. The first-order valence-corrected chi connectivity index (χ1v) is 4.81. The van der Waals surface area contributed by atoms with Crippen molar-refractivity contribution in [2.75, 3.05) is 7.05 Å². The third-order valence-electron chi connectivity index (χ3n) is 1.75. The van der Waals surface area contributed by atoms with Gasteiger partial charge in [-0.2, -0.15) is 0 Å². The molecule has 16 heavy (non-hydrogen) atoms. The lowest BCUT2D eigenvalue weighted by Crippen LogP contribution is -2.44. The predicted octanol–water partition coefficient (Wildman–Crippen LogP) is 1.33. The molecular formula is C11H17NO4. The van der Waals surface area contributed by atoms with Gasteiger partial charge < -0.3 is 9.84 Å². The number of rotatable bonds is 3. The number of carbonyl (C=O) groups excluding carboxylic acids is 1. The first-order valence-electron chi connectivity index (χ1n) is 4.81. The summed E-state index contributed by atoms with van der Waals surface area (Å²) in [5.41, 5.74) is -0.662. The number of terminal acetylenes is 1. The number of amides is 1. The number of carboxylic acids is 1. The number of nitrogens with zero attached hydrogens (tertiary/aromatic N) is 1. The summed E-state index contributed by atoms with van der Waals surface area (Å²) in [6.45, 7) is 5.11. The molecular weight excluding hydrogens is 210 g/mol. The Morgan fingerprint density at radius 2 is 2.00 bits per heavy atom. The number of carboxylic acid groups (broad SMARTS) is 1. The second-order valence-electron chi connectivity index (χ2n) is 4.35. The Kier molecular flexibility index (Phi) is 4.83. The molecule has 0 aromatic heterocycles. The van der Waals surface area contributed by atoms with Crippen molar-refractivity contribution in [2.45, 2.75) is 38.8 Å². The van der Waals surface area contributed by atoms with Crippen molar-refractivity contribution in [3.8, 4) is 12.3 Å². The first-order chi connectivity index (χ1) is 7.19. The Labute approximate surface area is 95.4 Å². The van der Waals surface area contributed by atoms with E-state index < -0.39 is 23.7 Å². The van der Waals surface area contributed by atoms with Crippen LogP contribution in [0.25, 0.3) is 0 Å². The summed E-state index contributed by atoms with van der Waals surface area (Å²) in [5.74, 6) is 1.07. The molecule has 0 aliphatic rings. The van der Waals surface area contributed by atoms with Gasteiger partial charge in [-0.1, -0.05) is 0 Å². The van der Waals surface area contributed by atoms with Gasteiger partial charge in [-0.25, -0.2) is 9.59 Å². The van der Waals surface area contributed by atoms with Gasteiger partial charge >= 0.3 is 12.1 Å². The molecule has 0 aliphatic heterocycles. The van der Waals surface area contributed by atoms with Gasteiger partial charge in [-0.3, -0.25) is 4.90 Å². The van der Waals surface area contributed by atoms with Crippen molar-refractivity contribution in [1.29, 1.82) is 0 Å². The van der Waals surface area contributed by atoms with Gasteiger partial charge in [0, 0.05) is 13.5 Å². The Balaban J connectivity index is 4.63. The smallest absolute Gasteiger partial charge is 0.410 e. The van der Waals surface area contributed by atoms with Crippen LogP contribution in [0, 0.1) is 12.3 Å². The predicted molar refractivity (Wildman–Crippen MR) is 58.9 cm³/mol. The molecule has 0 saturated carbocycles. The fourth-order valence-corrected chi connectivity index (χ4v) is 0.963. The average Bonchev–Trinajstić information content (AvgIpc) is 2.09. The second kappa shape index (κ2) is 5.40. The average molecular weight is 227 g/mol. The summed E-state index contributed by atoms with van der Waals surface area (Å²) in [4.78, 5) is 23.4. The lowest BCUT2D eigenvalue weighted by molar-refractivity contribution is -0.142. The van der Waals surface area contributed by atoms with E-state index in [0.717, 1.165) is 4.90 Å². The molecule has 0 spiro atoms. The molecule has 1 amide bonds. The van der Waals surface area contributed by atoms with Crippen LogP contribution in [0.2, 0.25) is 0 Å². The van der Waals surface area contributed by atoms with E-state index in [4.69, 9.17) is 16.3 Å². The van der Waals surface area contributed by atoms with Crippen molar-refractivity contribution >= 4 is 12.1 Å². The van der Waals surface area contributed by atoms with Gasteiger partial charge in [-0.15, -0.1) is 12.3 Å². The molecule has 5 heteroatoms. The third kappa shape index (κ3) is 4.69. The molecule has 0 radical (unpaired) electrons. The van der Waals surface area contributed by atoms with Crippen molar-refractivity contribution in [3.05, 3.63) is 0 Å². The van der Waals surface area contributed by atoms with Crippen LogP contribution in [0.3, 0.4) is 0 Å². The summed E-state index contributed by atoms with van der Waals surface area (Å²) in [6, 6.07) is -1.06. The molecule has 0 bridgehead atoms. The number of likely N-dealkylation sites (N-methyl/N-ethyl adjacent to an activating group) is 1. The lowest BCUT2D eigenvalue weighted by Gasteiger charge is -2.27. The largest absolute Gasteiger partial charge is 0.480 e. The highest BCUT2D eigenvalue weighted by Gasteiger charge is 2.29. The normalized spacial score (nSPS) is 12.4. The molecule has 1 atom stereocenters. The van der Waals surface area contributed by atoms with Crippen LogP contribution >= 0.6 is 0 Å². The Hall–Kier alpha value is -1.70. The molecule has 1 unspecified atom stereocenters. The van der Waals surface area contributed by atoms with Gasteiger partial charge in [0.05, 0.1) is 0 Å². The number of carbonyl (C=O) groups is 2. The maximum Gasteiger partial charge on any atom is 0.410 e. The van der Waals surface area contributed by atoms with Gasteiger partial charge in [0.1, 0.15) is 11.6 Å². The third-order valence-corrected chi connectivity index (χ3v) is 1.75. The molecule has 5 nitrogen and oxygen atoms in total. The molecule has 0 heterocycles. The minimum atomic E-state index is -1.15. The standard InChI is InChI=1S/C11H17NO4/c1-6-7-8(9(13)14)12(5)10(15)16-11(2,3)4/h1,8H,7H2,2-5H3,(H,13,14). The number of hydrogen-bond donors (Lipinski definition) is 1. The van der Waals surface area contributed by atoms with Crippen LogP contribution < -0.4 is 0 Å². The van der Waals surface area contributed by atoms with E-state index in [1.54, 1.807) is 20.8 Å². The Bertz CT molecular complexity index is 311. The van der Waals surface area contributed by atoms with E-state index in [0.29, 0.717) is 0 Å². The summed E-state index contributed by atoms with van der Waals surface area (Å²) in [7, 11) is 1.35. The highest BCUT2D eigenvalue weighted by molar-refractivity contribution is 5.80. The summed E-state index contributed by atoms with van der Waals surface area (Å²) >= 11 is 0. The monoisotopic (exact) mass is 227 g/mol. The van der Waals surface area contributed by atoms with E-state index in [9.17, 15) is 9.59 Å². The zero-order valence-electron chi connectivity index (χ0n) is 9.98. The van der Waals surface area contributed by atoms with Crippen molar-refractivity contribution in [1.82, 2.24) is 4.90 Å². The van der Waals surface area contributed by atoms with E-state index in [1.807, 2.05) is 0 Å². The first kappa shape index (κ1) is 14.3. The Morgan fingerprint density at radius 3 is 2.31 bits per heavy atom. The van der Waals surface area contributed by atoms with Crippen LogP contribution in [0.4, 0.5) is 4.79 Å². The molecule has 1 N–H and O–H groups in total. The number of hydrogen-bond acceptors (Lipinski definition) is 3. The highest BCUT2D eigenvalue weighted by atomic mass is 16.6. The fraction of sp³-hybridized carbons (Fsp3) is 0.636. The van der Waals surface area contributed by atoms with E-state index in [2.05, 4.69) is 5.92 Å². The number of aliphatic carboxylic acids is 1. The van der Waals surface area contributed by atoms with E-state index in [-0.39, 0.29) is 6.42 Å². The van der Waals surface area contributed by atoms with Crippen molar-refractivity contribution in [2.24, 2.45) is 0 Å². The van der Waals surface area contributed by atoms with Crippen molar-refractivity contribution in [3.63, 3.8) is 0 Å². The van der Waals surface area contributed by atoms with Crippen LogP contribution in [0.5, 0.6) is 0 Å². The SMILES string of the molecule is C#CCC(C(=O)O)N(C)C(=O)OC(C)(C)C. The molecule has 0 saturated heterocycles. The maximum atomic E-state index is 11.6. The van der Waals surface area contributed by atoms with E-state index >= 15 is 0 Å². The summed E-state index contributed by atoms with van der Waals surface area (Å²) in [6.07, 6.45) is 4.29. The van der Waals surface area contributed by atoms with Gasteiger partial charge in [-0.05, 0) is 20.8 Å². The quantitative estimate of drug-likeness (QED) is 0.738. The minimum absolute atomic E-state index is 0.0505. The zero-order chi connectivity index (χ0) is 12.9. The van der Waals surface area contributed by atoms with Gasteiger partial charge in [0.25, 0.3) is 0 Å². The molecule has 0 aliphatic carbocycles. The second-order valence-corrected chi connectivity index (χ2v) is 4.35.